The van der Waals surface area contributed by atoms with Crippen molar-refractivity contribution in [2.75, 3.05) is 6.54 Å². The summed E-state index contributed by atoms with van der Waals surface area (Å²) in [4.78, 5) is 16.7. The highest BCUT2D eigenvalue weighted by atomic mass is 32.2. The Bertz CT molecular complexity index is 1290. The molecule has 0 spiro atoms. The van der Waals surface area contributed by atoms with E-state index in [1.807, 2.05) is 30.3 Å². The summed E-state index contributed by atoms with van der Waals surface area (Å²) in [7, 11) is -4.15. The van der Waals surface area contributed by atoms with E-state index >= 15 is 0 Å². The number of sulfonamides is 1. The number of carbonyl (C=O) groups excluding carboxylic acids is 1. The summed E-state index contributed by atoms with van der Waals surface area (Å²) < 4.78 is 33.6. The average molecular weight is 486 g/mol. The van der Waals surface area contributed by atoms with Crippen LogP contribution in [0.1, 0.15) is 25.8 Å². The minimum absolute atomic E-state index is 0.0464. The van der Waals surface area contributed by atoms with E-state index in [1.165, 1.54) is 12.1 Å². The van der Waals surface area contributed by atoms with Crippen LogP contribution in [0.15, 0.2) is 65.7 Å². The van der Waals surface area contributed by atoms with Gasteiger partial charge in [-0.05, 0) is 48.2 Å². The molecule has 2 atom stereocenters. The summed E-state index contributed by atoms with van der Waals surface area (Å²) in [5.41, 5.74) is 2.47. The van der Waals surface area contributed by atoms with Crippen LogP contribution in [-0.2, 0) is 21.4 Å². The van der Waals surface area contributed by atoms with Crippen molar-refractivity contribution in [3.63, 3.8) is 0 Å². The van der Waals surface area contributed by atoms with Crippen molar-refractivity contribution in [1.29, 1.82) is 0 Å². The summed E-state index contributed by atoms with van der Waals surface area (Å²) in [5, 5.41) is 20.4. The molecule has 1 aromatic heterocycles. The van der Waals surface area contributed by atoms with Crippen LogP contribution in [-0.4, -0.2) is 52.6 Å². The second-order valence-corrected chi connectivity index (χ2v) is 10.9. The fraction of sp³-hybridized carbons (Fsp3) is 0.333. The Kier molecular flexibility index (Phi) is 6.59. The molecule has 0 unspecified atom stereocenters. The third kappa shape index (κ3) is 4.62. The van der Waals surface area contributed by atoms with Crippen molar-refractivity contribution in [2.24, 2.45) is 5.41 Å². The van der Waals surface area contributed by atoms with Gasteiger partial charge < -0.3 is 9.84 Å². The molecule has 1 fully saturated rings. The lowest BCUT2D eigenvalue weighted by Gasteiger charge is -2.45. The van der Waals surface area contributed by atoms with Gasteiger partial charge in [-0.2, -0.15) is 4.31 Å². The predicted octanol–water partition coefficient (Wildman–Crippen LogP) is 2.47. The van der Waals surface area contributed by atoms with Gasteiger partial charge in [0.15, 0.2) is 0 Å². The van der Waals surface area contributed by atoms with E-state index in [4.69, 9.17) is 4.74 Å². The Hall–Kier alpha value is -3.05. The highest BCUT2D eigenvalue weighted by Gasteiger charge is 2.50. The van der Waals surface area contributed by atoms with Gasteiger partial charge in [0, 0.05) is 23.7 Å². The summed E-state index contributed by atoms with van der Waals surface area (Å²) in [6.07, 6.45) is 0.989. The zero-order valence-electron chi connectivity index (χ0n) is 18.9. The number of carbonyl (C=O) groups is 1. The Labute approximate surface area is 198 Å². The highest BCUT2D eigenvalue weighted by Crippen LogP contribution is 2.38. The molecule has 180 valence electrons. The summed E-state index contributed by atoms with van der Waals surface area (Å²) in [6, 6.07) is 14.3. The van der Waals surface area contributed by atoms with E-state index in [2.05, 4.69) is 4.98 Å². The molecule has 2 heterocycles. The lowest BCUT2D eigenvalue weighted by molar-refractivity contribution is -0.140. The van der Waals surface area contributed by atoms with Gasteiger partial charge in [0.05, 0.1) is 16.5 Å². The monoisotopic (exact) mass is 485 g/mol. The maximum absolute atomic E-state index is 13.4. The fourth-order valence-corrected chi connectivity index (χ4v) is 6.33. The molecule has 1 aliphatic rings. The van der Waals surface area contributed by atoms with Crippen molar-refractivity contribution >= 4 is 26.8 Å². The molecule has 0 saturated carbocycles. The number of aromatic nitrogens is 1. The van der Waals surface area contributed by atoms with Gasteiger partial charge in [0.1, 0.15) is 18.4 Å². The summed E-state index contributed by atoms with van der Waals surface area (Å²) >= 11 is 0. The van der Waals surface area contributed by atoms with Gasteiger partial charge in [-0.3, -0.25) is 15.0 Å². The van der Waals surface area contributed by atoms with Crippen LogP contribution in [0.25, 0.3) is 10.9 Å². The second-order valence-electron chi connectivity index (χ2n) is 9.05. The smallest absolute Gasteiger partial charge is 0.262 e. The second kappa shape index (κ2) is 9.30. The zero-order valence-corrected chi connectivity index (χ0v) is 19.7. The molecule has 0 radical (unpaired) electrons. The minimum atomic E-state index is -4.15. The van der Waals surface area contributed by atoms with Gasteiger partial charge in [-0.25, -0.2) is 13.9 Å². The van der Waals surface area contributed by atoms with Crippen molar-refractivity contribution in [3.8, 4) is 5.75 Å². The highest BCUT2D eigenvalue weighted by molar-refractivity contribution is 7.89. The molecular formula is C24H27N3O6S. The van der Waals surface area contributed by atoms with Crippen LogP contribution in [0.2, 0.25) is 0 Å². The van der Waals surface area contributed by atoms with Crippen molar-refractivity contribution in [3.05, 3.63) is 66.4 Å². The van der Waals surface area contributed by atoms with E-state index < -0.39 is 33.5 Å². The fourth-order valence-electron chi connectivity index (χ4n) is 4.56. The van der Waals surface area contributed by atoms with Gasteiger partial charge in [0.2, 0.25) is 10.0 Å². The van der Waals surface area contributed by atoms with Crippen LogP contribution in [0.5, 0.6) is 5.75 Å². The van der Waals surface area contributed by atoms with Crippen molar-refractivity contribution in [1.82, 2.24) is 14.8 Å². The number of fused-ring (bicyclic) bond motifs is 1. The molecule has 4 rings (SSSR count). The largest absolute Gasteiger partial charge is 0.489 e. The first kappa shape index (κ1) is 24.1. The zero-order chi connectivity index (χ0) is 24.5. The Morgan fingerprint density at radius 3 is 2.59 bits per heavy atom. The molecule has 1 saturated heterocycles. The van der Waals surface area contributed by atoms with Crippen molar-refractivity contribution < 1.29 is 28.3 Å². The molecule has 0 bridgehead atoms. The average Bonchev–Trinajstić information content (AvgIpc) is 2.81. The number of piperidine rings is 1. The topological polar surface area (TPSA) is 129 Å². The molecule has 3 N–H and O–H groups in total. The van der Waals surface area contributed by atoms with E-state index in [-0.39, 0.29) is 24.5 Å². The molecule has 1 amide bonds. The van der Waals surface area contributed by atoms with E-state index in [0.29, 0.717) is 5.75 Å². The molecule has 9 nitrogen and oxygen atoms in total. The number of para-hydroxylation sites is 1. The number of aliphatic hydroxyl groups excluding tert-OH is 1. The number of β-amino-alcohol motifs (C(OH)–C–C–N with tert-alkyl or cyclic N) is 1. The first-order valence-corrected chi connectivity index (χ1v) is 12.3. The first-order chi connectivity index (χ1) is 16.1. The van der Waals surface area contributed by atoms with E-state index in [9.17, 15) is 23.5 Å². The number of hydroxylamine groups is 1. The van der Waals surface area contributed by atoms with Gasteiger partial charge in [-0.15, -0.1) is 0 Å². The number of ether oxygens (including phenoxy) is 1. The van der Waals surface area contributed by atoms with Crippen LogP contribution < -0.4 is 10.2 Å². The molecular weight excluding hydrogens is 458 g/mol. The molecule has 1 aliphatic heterocycles. The lowest BCUT2D eigenvalue weighted by Crippen LogP contribution is -2.62. The van der Waals surface area contributed by atoms with Crippen LogP contribution in [0, 0.1) is 5.41 Å². The Balaban J connectivity index is 1.55. The maximum atomic E-state index is 13.4. The van der Waals surface area contributed by atoms with Crippen LogP contribution in [0.3, 0.4) is 0 Å². The number of aliphatic hydroxyl groups is 1. The first-order valence-electron chi connectivity index (χ1n) is 10.8. The van der Waals surface area contributed by atoms with Crippen molar-refractivity contribution in [2.45, 2.75) is 43.9 Å². The lowest BCUT2D eigenvalue weighted by atomic mass is 9.76. The maximum Gasteiger partial charge on any atom is 0.262 e. The normalized spacial score (nSPS) is 20.7. The molecule has 3 aromatic rings. The quantitative estimate of drug-likeness (QED) is 0.361. The number of amides is 1. The Morgan fingerprint density at radius 2 is 1.88 bits per heavy atom. The molecule has 34 heavy (non-hydrogen) atoms. The Morgan fingerprint density at radius 1 is 1.18 bits per heavy atom. The number of rotatable bonds is 6. The summed E-state index contributed by atoms with van der Waals surface area (Å²) in [5.74, 6) is -0.367. The molecule has 0 aliphatic carbocycles. The number of nitrogens with one attached hydrogen (secondary N) is 1. The molecule has 10 heteroatoms. The van der Waals surface area contributed by atoms with Gasteiger partial charge in [-0.1, -0.05) is 32.0 Å². The number of hydrogen-bond donors (Lipinski definition) is 3. The number of hydrogen-bond acceptors (Lipinski definition) is 7. The number of nitrogens with zero attached hydrogens (tertiary/aromatic N) is 2. The summed E-state index contributed by atoms with van der Waals surface area (Å²) in [6.45, 7) is 3.38. The van der Waals surface area contributed by atoms with Gasteiger partial charge in [0.25, 0.3) is 5.91 Å². The standard InChI is InChI=1S/C24H27N3O6S/c1-24(2)13-17(28)14-27(22(24)23(29)26-30)34(31,32)19-9-7-18(8-10-19)33-15-16-11-12-25-21-6-4-3-5-20(16)21/h3-12,17,22,28,30H,13-15H2,1-2H3,(H,26,29)/t17-,22+/m1/s1. The third-order valence-corrected chi connectivity index (χ3v) is 7.95. The molecule has 2 aromatic carbocycles. The van der Waals surface area contributed by atoms with Crippen LogP contribution in [0.4, 0.5) is 0 Å². The number of pyridine rings is 1. The third-order valence-electron chi connectivity index (χ3n) is 6.10. The minimum Gasteiger partial charge on any atom is -0.489 e. The van der Waals surface area contributed by atoms with Crippen LogP contribution >= 0.6 is 0 Å². The predicted molar refractivity (Wildman–Crippen MR) is 125 cm³/mol. The SMILES string of the molecule is CC1(C)C[C@@H](O)CN(S(=O)(=O)c2ccc(OCc3ccnc4ccccc34)cc2)[C@H]1C(=O)NO. The number of benzene rings is 2. The van der Waals surface area contributed by atoms with E-state index in [0.717, 1.165) is 20.8 Å². The van der Waals surface area contributed by atoms with E-state index in [1.54, 1.807) is 37.7 Å². The van der Waals surface area contributed by atoms with Gasteiger partial charge >= 0.3 is 0 Å².